The van der Waals surface area contributed by atoms with E-state index in [1.54, 1.807) is 0 Å². The van der Waals surface area contributed by atoms with Crippen LogP contribution in [0.15, 0.2) is 0 Å². The number of nitrogens with two attached hydrogens (primary N) is 1. The lowest BCUT2D eigenvalue weighted by Crippen LogP contribution is -2.35. The summed E-state index contributed by atoms with van der Waals surface area (Å²) in [5.74, 6) is -2.53. The second-order valence-corrected chi connectivity index (χ2v) is 3.40. The maximum atomic E-state index is 10.6. The van der Waals surface area contributed by atoms with Crippen LogP contribution in [0.5, 0.6) is 0 Å². The summed E-state index contributed by atoms with van der Waals surface area (Å²) in [5, 5.41) is 17.2. The van der Waals surface area contributed by atoms with Gasteiger partial charge >= 0.3 is 11.9 Å². The van der Waals surface area contributed by atoms with Crippen LogP contribution in [0, 0.1) is 11.3 Å². The summed E-state index contributed by atoms with van der Waals surface area (Å²) in [6, 6.07) is -1.05. The van der Waals surface area contributed by atoms with E-state index in [9.17, 15) is 9.59 Å². The minimum Gasteiger partial charge on any atom is -0.481 e. The zero-order valence-electron chi connectivity index (χ0n) is 6.65. The number of rotatable bonds is 3. The molecule has 1 fully saturated rings. The average molecular weight is 173 g/mol. The Morgan fingerprint density at radius 1 is 1.58 bits per heavy atom. The monoisotopic (exact) mass is 173 g/mol. The summed E-state index contributed by atoms with van der Waals surface area (Å²) in [4.78, 5) is 20.9. The molecule has 0 spiro atoms. The third-order valence-corrected chi connectivity index (χ3v) is 2.51. The highest BCUT2D eigenvalue weighted by Gasteiger charge is 2.60. The highest BCUT2D eigenvalue weighted by atomic mass is 16.4. The lowest BCUT2D eigenvalue weighted by atomic mass is 10.0. The lowest BCUT2D eigenvalue weighted by Gasteiger charge is -2.08. The van der Waals surface area contributed by atoms with E-state index in [-0.39, 0.29) is 0 Å². The number of carboxylic acids is 2. The van der Waals surface area contributed by atoms with E-state index in [2.05, 4.69) is 0 Å². The molecule has 12 heavy (non-hydrogen) atoms. The van der Waals surface area contributed by atoms with Crippen LogP contribution in [0.1, 0.15) is 13.3 Å². The Kier molecular flexibility index (Phi) is 1.83. The maximum Gasteiger partial charge on any atom is 0.320 e. The molecule has 0 aromatic heterocycles. The fourth-order valence-electron chi connectivity index (χ4n) is 1.34. The minimum atomic E-state index is -1.13. The Morgan fingerprint density at radius 2 is 2.08 bits per heavy atom. The lowest BCUT2D eigenvalue weighted by molar-refractivity contribution is -0.144. The van der Waals surface area contributed by atoms with Gasteiger partial charge in [0.05, 0.1) is 5.41 Å². The summed E-state index contributed by atoms with van der Waals surface area (Å²) in [5.41, 5.74) is 4.35. The molecular weight excluding hydrogens is 162 g/mol. The highest BCUT2D eigenvalue weighted by Crippen LogP contribution is 2.53. The summed E-state index contributed by atoms with van der Waals surface area (Å²) in [7, 11) is 0. The van der Waals surface area contributed by atoms with Gasteiger partial charge in [0, 0.05) is 5.92 Å². The van der Waals surface area contributed by atoms with Crippen LogP contribution in [0.2, 0.25) is 0 Å². The first kappa shape index (κ1) is 8.99. The quantitative estimate of drug-likeness (QED) is 0.534. The molecule has 0 unspecified atom stereocenters. The van der Waals surface area contributed by atoms with Crippen molar-refractivity contribution >= 4 is 11.9 Å². The van der Waals surface area contributed by atoms with Gasteiger partial charge in [0.2, 0.25) is 0 Å². The van der Waals surface area contributed by atoms with Gasteiger partial charge < -0.3 is 15.9 Å². The van der Waals surface area contributed by atoms with Gasteiger partial charge in [-0.2, -0.15) is 0 Å². The molecule has 0 heterocycles. The Morgan fingerprint density at radius 3 is 2.33 bits per heavy atom. The number of hydrogen-bond donors (Lipinski definition) is 3. The summed E-state index contributed by atoms with van der Waals surface area (Å²) >= 11 is 0. The Hall–Kier alpha value is -1.10. The summed E-state index contributed by atoms with van der Waals surface area (Å²) in [6.45, 7) is 1.52. The normalized spacial score (nSPS) is 35.7. The minimum absolute atomic E-state index is 0.357. The molecule has 4 N–H and O–H groups in total. The van der Waals surface area contributed by atoms with Crippen molar-refractivity contribution in [2.75, 3.05) is 0 Å². The Balaban J connectivity index is 2.63. The second kappa shape index (κ2) is 2.45. The standard InChI is InChI=1S/C7H11NO4/c1-7(6(11)12)2-3(7)4(8)5(9)10/h3-4H,2,8H2,1H3,(H,9,10)(H,11,12)/t3-,4+,7+/m1/s1. The van der Waals surface area contributed by atoms with Crippen molar-refractivity contribution in [2.24, 2.45) is 17.1 Å². The van der Waals surface area contributed by atoms with Crippen molar-refractivity contribution in [1.82, 2.24) is 0 Å². The maximum absolute atomic E-state index is 10.6. The van der Waals surface area contributed by atoms with Crippen molar-refractivity contribution < 1.29 is 19.8 Å². The molecule has 0 aromatic carbocycles. The van der Waals surface area contributed by atoms with E-state index in [4.69, 9.17) is 15.9 Å². The topological polar surface area (TPSA) is 101 Å². The molecule has 5 nitrogen and oxygen atoms in total. The van der Waals surface area contributed by atoms with Crippen LogP contribution in [0.3, 0.4) is 0 Å². The molecule has 5 heteroatoms. The third kappa shape index (κ3) is 1.16. The van der Waals surface area contributed by atoms with Gasteiger partial charge in [0.25, 0.3) is 0 Å². The van der Waals surface area contributed by atoms with Gasteiger partial charge in [-0.25, -0.2) is 0 Å². The van der Waals surface area contributed by atoms with Crippen LogP contribution in [0.25, 0.3) is 0 Å². The van der Waals surface area contributed by atoms with E-state index < -0.39 is 29.3 Å². The highest BCUT2D eigenvalue weighted by molar-refractivity contribution is 5.82. The zero-order valence-corrected chi connectivity index (χ0v) is 6.65. The van der Waals surface area contributed by atoms with E-state index in [0.29, 0.717) is 6.42 Å². The van der Waals surface area contributed by atoms with E-state index in [0.717, 1.165) is 0 Å². The van der Waals surface area contributed by atoms with Crippen LogP contribution in [-0.4, -0.2) is 28.2 Å². The van der Waals surface area contributed by atoms with Gasteiger partial charge in [-0.15, -0.1) is 0 Å². The van der Waals surface area contributed by atoms with Crippen molar-refractivity contribution in [3.05, 3.63) is 0 Å². The first-order valence-corrected chi connectivity index (χ1v) is 3.61. The number of hydrogen-bond acceptors (Lipinski definition) is 3. The van der Waals surface area contributed by atoms with Crippen LogP contribution < -0.4 is 5.73 Å². The summed E-state index contributed by atoms with van der Waals surface area (Å²) in [6.07, 6.45) is 0.357. The molecule has 68 valence electrons. The Bertz CT molecular complexity index is 240. The smallest absolute Gasteiger partial charge is 0.320 e. The van der Waals surface area contributed by atoms with Crippen LogP contribution in [-0.2, 0) is 9.59 Å². The van der Waals surface area contributed by atoms with Gasteiger partial charge in [0.15, 0.2) is 0 Å². The molecule has 1 rings (SSSR count). The number of carbonyl (C=O) groups is 2. The van der Waals surface area contributed by atoms with Gasteiger partial charge in [-0.1, -0.05) is 0 Å². The van der Waals surface area contributed by atoms with E-state index >= 15 is 0 Å². The largest absolute Gasteiger partial charge is 0.481 e. The SMILES string of the molecule is C[C@]1(C(=O)O)C[C@@H]1[C@H](N)C(=O)O. The second-order valence-electron chi connectivity index (χ2n) is 3.40. The molecule has 0 saturated heterocycles. The molecule has 1 saturated carbocycles. The molecule has 0 aliphatic heterocycles. The average Bonchev–Trinajstić information content (AvgIpc) is 2.62. The molecule has 1 aliphatic rings. The molecule has 1 aliphatic carbocycles. The molecule has 0 radical (unpaired) electrons. The van der Waals surface area contributed by atoms with Gasteiger partial charge in [-0.3, -0.25) is 9.59 Å². The van der Waals surface area contributed by atoms with Crippen LogP contribution in [0.4, 0.5) is 0 Å². The predicted octanol–water partition coefficient (Wildman–Crippen LogP) is -0.491. The molecule has 0 amide bonds. The van der Waals surface area contributed by atoms with Crippen LogP contribution >= 0.6 is 0 Å². The van der Waals surface area contributed by atoms with Gasteiger partial charge in [-0.05, 0) is 13.3 Å². The fraction of sp³-hybridized carbons (Fsp3) is 0.714. The van der Waals surface area contributed by atoms with Gasteiger partial charge in [0.1, 0.15) is 6.04 Å². The van der Waals surface area contributed by atoms with Crippen molar-refractivity contribution in [3.63, 3.8) is 0 Å². The third-order valence-electron chi connectivity index (χ3n) is 2.51. The molecule has 0 aromatic rings. The van der Waals surface area contributed by atoms with Crippen molar-refractivity contribution in [1.29, 1.82) is 0 Å². The Labute approximate surface area is 69.2 Å². The number of aliphatic carboxylic acids is 2. The number of carboxylic acid groups (broad SMARTS) is 2. The first-order valence-electron chi connectivity index (χ1n) is 3.61. The molecule has 3 atom stereocenters. The summed E-state index contributed by atoms with van der Waals surface area (Å²) < 4.78 is 0. The van der Waals surface area contributed by atoms with E-state index in [1.165, 1.54) is 6.92 Å². The first-order chi connectivity index (χ1) is 5.39. The predicted molar refractivity (Wildman–Crippen MR) is 39.5 cm³/mol. The molecular formula is C7H11NO4. The fourth-order valence-corrected chi connectivity index (χ4v) is 1.34. The zero-order chi connectivity index (χ0) is 9.52. The van der Waals surface area contributed by atoms with Crippen molar-refractivity contribution in [3.8, 4) is 0 Å². The van der Waals surface area contributed by atoms with Crippen molar-refractivity contribution in [2.45, 2.75) is 19.4 Å². The molecule has 0 bridgehead atoms. The van der Waals surface area contributed by atoms with E-state index in [1.807, 2.05) is 0 Å².